The van der Waals surface area contributed by atoms with Crippen molar-refractivity contribution in [2.45, 2.75) is 71.6 Å². The lowest BCUT2D eigenvalue weighted by molar-refractivity contribution is -0.180. The molecule has 0 aromatic carbocycles. The normalized spacial score (nSPS) is 24.5. The van der Waals surface area contributed by atoms with Gasteiger partial charge < -0.3 is 28.8 Å². The molecule has 1 aliphatic rings. The largest absolute Gasteiger partial charge is 0.467 e. The maximum atomic E-state index is 11.7. The summed E-state index contributed by atoms with van der Waals surface area (Å²) in [6, 6.07) is 0. The molecule has 0 amide bonds. The Bertz CT molecular complexity index is 399. The zero-order chi connectivity index (χ0) is 19.0. The van der Waals surface area contributed by atoms with Gasteiger partial charge in [-0.3, -0.25) is 0 Å². The summed E-state index contributed by atoms with van der Waals surface area (Å²) in [6.07, 6.45) is 0.0849. The van der Waals surface area contributed by atoms with E-state index in [0.29, 0.717) is 13.2 Å². The first-order valence-corrected chi connectivity index (χ1v) is 9.00. The average molecular weight is 362 g/mol. The Morgan fingerprint density at radius 1 is 1.36 bits per heavy atom. The molecule has 0 aliphatic carbocycles. The molecular formula is C18H34O7. The number of aliphatic hydroxyl groups is 1. The summed E-state index contributed by atoms with van der Waals surface area (Å²) in [5.74, 6) is -1.91. The van der Waals surface area contributed by atoms with Crippen LogP contribution in [0.4, 0.5) is 0 Å². The summed E-state index contributed by atoms with van der Waals surface area (Å²) >= 11 is 0. The van der Waals surface area contributed by atoms with Gasteiger partial charge in [0.15, 0.2) is 11.9 Å². The summed E-state index contributed by atoms with van der Waals surface area (Å²) < 4.78 is 27.6. The number of rotatable bonds is 11. The van der Waals surface area contributed by atoms with Crippen molar-refractivity contribution in [2.75, 3.05) is 27.1 Å². The summed E-state index contributed by atoms with van der Waals surface area (Å²) in [5.41, 5.74) is 0. The Hall–Kier alpha value is -0.730. The highest BCUT2D eigenvalue weighted by molar-refractivity contribution is 5.74. The number of carbonyl (C=O) groups excluding carboxylic acids is 1. The van der Waals surface area contributed by atoms with Crippen molar-refractivity contribution in [2.24, 2.45) is 11.8 Å². The van der Waals surface area contributed by atoms with E-state index in [0.717, 1.165) is 12.8 Å². The first kappa shape index (κ1) is 22.3. The van der Waals surface area contributed by atoms with Gasteiger partial charge in [-0.2, -0.15) is 0 Å². The van der Waals surface area contributed by atoms with Gasteiger partial charge in [-0.25, -0.2) is 4.79 Å². The minimum absolute atomic E-state index is 0.101. The van der Waals surface area contributed by atoms with Crippen molar-refractivity contribution in [3.8, 4) is 0 Å². The van der Waals surface area contributed by atoms with Crippen molar-refractivity contribution < 1.29 is 33.6 Å². The van der Waals surface area contributed by atoms with Gasteiger partial charge in [-0.05, 0) is 20.3 Å². The second-order valence-corrected chi connectivity index (χ2v) is 7.06. The van der Waals surface area contributed by atoms with Gasteiger partial charge in [-0.1, -0.05) is 27.2 Å². The van der Waals surface area contributed by atoms with Crippen molar-refractivity contribution in [1.29, 1.82) is 0 Å². The zero-order valence-electron chi connectivity index (χ0n) is 16.3. The predicted molar refractivity (Wildman–Crippen MR) is 91.9 cm³/mol. The third kappa shape index (κ3) is 6.83. The lowest BCUT2D eigenvalue weighted by Crippen LogP contribution is -2.45. The molecule has 0 spiro atoms. The lowest BCUT2D eigenvalue weighted by Gasteiger charge is -2.34. The van der Waals surface area contributed by atoms with E-state index in [1.807, 2.05) is 20.8 Å². The van der Waals surface area contributed by atoms with Crippen LogP contribution in [-0.4, -0.2) is 62.3 Å². The third-order valence-corrected chi connectivity index (χ3v) is 4.58. The highest BCUT2D eigenvalue weighted by Crippen LogP contribution is 2.32. The Kier molecular flexibility index (Phi) is 9.30. The Balaban J connectivity index is 2.74. The monoisotopic (exact) mass is 362 g/mol. The molecular weight excluding hydrogens is 328 g/mol. The van der Waals surface area contributed by atoms with E-state index in [9.17, 15) is 9.90 Å². The van der Waals surface area contributed by atoms with Crippen molar-refractivity contribution >= 4 is 5.97 Å². The van der Waals surface area contributed by atoms with Crippen LogP contribution in [0.1, 0.15) is 47.5 Å². The van der Waals surface area contributed by atoms with Gasteiger partial charge in [0.1, 0.15) is 6.79 Å². The number of aliphatic hydroxyl groups excluding tert-OH is 1. The van der Waals surface area contributed by atoms with E-state index in [2.05, 4.69) is 11.7 Å². The molecule has 0 aromatic rings. The minimum Gasteiger partial charge on any atom is -0.467 e. The van der Waals surface area contributed by atoms with Crippen molar-refractivity contribution in [1.82, 2.24) is 0 Å². The SMILES string of the molecule is CCCCOCO[C@@H]([C@@H](C)[C@@H](O)C(=O)OC)[C@H](C)[C@H]1COC(C)(C)O1. The first-order chi connectivity index (χ1) is 11.7. The second kappa shape index (κ2) is 10.4. The minimum atomic E-state index is -1.27. The van der Waals surface area contributed by atoms with Gasteiger partial charge in [0, 0.05) is 18.4 Å². The van der Waals surface area contributed by atoms with E-state index < -0.39 is 29.9 Å². The Labute approximate surface area is 150 Å². The quantitative estimate of drug-likeness (QED) is 0.342. The summed E-state index contributed by atoms with van der Waals surface area (Å²) in [4.78, 5) is 11.7. The number of methoxy groups -OCH3 is 1. The van der Waals surface area contributed by atoms with E-state index in [4.69, 9.17) is 18.9 Å². The molecule has 0 saturated carbocycles. The van der Waals surface area contributed by atoms with Gasteiger partial charge in [0.05, 0.1) is 25.9 Å². The van der Waals surface area contributed by atoms with E-state index >= 15 is 0 Å². The predicted octanol–water partition coefficient (Wildman–Crippen LogP) is 2.10. The molecule has 1 rings (SSSR count). The molecule has 0 unspecified atom stereocenters. The summed E-state index contributed by atoms with van der Waals surface area (Å²) in [5, 5.41) is 10.2. The fraction of sp³-hybridized carbons (Fsp3) is 0.944. The molecule has 7 nitrogen and oxygen atoms in total. The van der Waals surface area contributed by atoms with Crippen molar-refractivity contribution in [3.63, 3.8) is 0 Å². The Morgan fingerprint density at radius 2 is 2.04 bits per heavy atom. The molecule has 7 heteroatoms. The average Bonchev–Trinajstić information content (AvgIpc) is 2.95. The lowest BCUT2D eigenvalue weighted by atomic mass is 9.86. The highest BCUT2D eigenvalue weighted by Gasteiger charge is 2.42. The van der Waals surface area contributed by atoms with Crippen LogP contribution < -0.4 is 0 Å². The van der Waals surface area contributed by atoms with Crippen LogP contribution in [0.15, 0.2) is 0 Å². The van der Waals surface area contributed by atoms with Gasteiger partial charge in [-0.15, -0.1) is 0 Å². The standard InChI is InChI=1S/C18H34O7/c1-7-8-9-22-11-23-16(13(3)15(19)17(20)21-6)12(2)14-10-24-18(4,5)25-14/h12-16,19H,7-11H2,1-6H3/t12-,13+,14-,15-,16-/m1/s1. The van der Waals surface area contributed by atoms with Gasteiger partial charge in [0.25, 0.3) is 0 Å². The summed E-state index contributed by atoms with van der Waals surface area (Å²) in [6.45, 7) is 10.7. The van der Waals surface area contributed by atoms with Gasteiger partial charge >= 0.3 is 5.97 Å². The number of esters is 1. The van der Waals surface area contributed by atoms with Crippen LogP contribution in [-0.2, 0) is 28.5 Å². The maximum absolute atomic E-state index is 11.7. The topological polar surface area (TPSA) is 83.5 Å². The number of hydrogen-bond acceptors (Lipinski definition) is 7. The van der Waals surface area contributed by atoms with Crippen LogP contribution in [0.25, 0.3) is 0 Å². The molecule has 5 atom stereocenters. The van der Waals surface area contributed by atoms with Crippen LogP contribution in [0, 0.1) is 11.8 Å². The fourth-order valence-corrected chi connectivity index (χ4v) is 2.92. The van der Waals surface area contributed by atoms with Crippen LogP contribution in [0.2, 0.25) is 0 Å². The zero-order valence-corrected chi connectivity index (χ0v) is 16.3. The van der Waals surface area contributed by atoms with E-state index in [1.165, 1.54) is 7.11 Å². The fourth-order valence-electron chi connectivity index (χ4n) is 2.92. The number of ether oxygens (including phenoxy) is 5. The van der Waals surface area contributed by atoms with Crippen LogP contribution in [0.5, 0.6) is 0 Å². The van der Waals surface area contributed by atoms with Crippen LogP contribution in [0.3, 0.4) is 0 Å². The number of carbonyl (C=O) groups is 1. The van der Waals surface area contributed by atoms with E-state index in [-0.39, 0.29) is 18.8 Å². The summed E-state index contributed by atoms with van der Waals surface area (Å²) in [7, 11) is 1.25. The number of hydrogen-bond donors (Lipinski definition) is 1. The molecule has 0 bridgehead atoms. The molecule has 0 radical (unpaired) electrons. The highest BCUT2D eigenvalue weighted by atomic mass is 16.7. The molecule has 1 N–H and O–H groups in total. The molecule has 1 aliphatic heterocycles. The third-order valence-electron chi connectivity index (χ3n) is 4.58. The number of unbranched alkanes of at least 4 members (excludes halogenated alkanes) is 1. The van der Waals surface area contributed by atoms with Crippen molar-refractivity contribution in [3.05, 3.63) is 0 Å². The maximum Gasteiger partial charge on any atom is 0.335 e. The Morgan fingerprint density at radius 3 is 2.56 bits per heavy atom. The molecule has 25 heavy (non-hydrogen) atoms. The molecule has 1 fully saturated rings. The smallest absolute Gasteiger partial charge is 0.335 e. The van der Waals surface area contributed by atoms with Gasteiger partial charge in [0.2, 0.25) is 0 Å². The molecule has 0 aromatic heterocycles. The molecule has 148 valence electrons. The molecule has 1 saturated heterocycles. The molecule has 1 heterocycles. The first-order valence-electron chi connectivity index (χ1n) is 9.00. The second-order valence-electron chi connectivity index (χ2n) is 7.06. The van der Waals surface area contributed by atoms with E-state index in [1.54, 1.807) is 6.92 Å². The van der Waals surface area contributed by atoms with Crippen LogP contribution >= 0.6 is 0 Å².